The Bertz CT molecular complexity index is 1460. The quantitative estimate of drug-likeness (QED) is 0.0533. The van der Waals surface area contributed by atoms with Gasteiger partial charge in [-0.3, -0.25) is 39.4 Å². The number of carbonyl (C=O) groups is 6. The molecule has 4 N–H and O–H groups in total. The molecule has 2 aromatic rings. The highest BCUT2D eigenvalue weighted by atomic mass is 31.2. The van der Waals surface area contributed by atoms with E-state index in [0.717, 1.165) is 38.5 Å². The van der Waals surface area contributed by atoms with Crippen molar-refractivity contribution in [1.82, 2.24) is 34.8 Å². The fraction of sp³-hybridized carbons (Fsp3) is 0.692. The molecule has 2 rings (SSSR count). The SMILES string of the molecule is CCCCCCCCCCCC(=O)NC(=O)CCC(NC(=O)CCNC(=O)c1ccc(O[p+]2npnpn2)cc1)C(=O)NC(=O)CCCCCCCCCCC. The van der Waals surface area contributed by atoms with Crippen molar-refractivity contribution in [2.75, 3.05) is 6.54 Å². The predicted octanol–water partition coefficient (Wildman–Crippen LogP) is 8.65. The smallest absolute Gasteiger partial charge is 0.358 e. The second-order valence-corrected chi connectivity index (χ2v) is 17.2. The number of carbonyl (C=O) groups excluding carboxylic acids is 6. The molecule has 14 nitrogen and oxygen atoms in total. The lowest BCUT2D eigenvalue weighted by atomic mass is 10.1. The van der Waals surface area contributed by atoms with Crippen LogP contribution in [0.15, 0.2) is 24.3 Å². The van der Waals surface area contributed by atoms with Gasteiger partial charge in [-0.25, -0.2) is 0 Å². The number of rotatable bonds is 31. The van der Waals surface area contributed by atoms with Gasteiger partial charge in [0.2, 0.25) is 29.5 Å². The van der Waals surface area contributed by atoms with E-state index in [2.05, 4.69) is 48.6 Å². The molecule has 1 unspecified atom stereocenters. The van der Waals surface area contributed by atoms with Crippen molar-refractivity contribution in [1.29, 1.82) is 0 Å². The molecule has 6 amide bonds. The average molecular weight is 835 g/mol. The highest BCUT2D eigenvalue weighted by molar-refractivity contribution is 7.50. The molecular weight excluding hydrogens is 771 g/mol. The highest BCUT2D eigenvalue weighted by Gasteiger charge is 2.24. The molecule has 0 aliphatic heterocycles. The number of unbranched alkanes of at least 4 members (excludes halogenated alkanes) is 16. The zero-order valence-corrected chi connectivity index (χ0v) is 36.1. The summed E-state index contributed by atoms with van der Waals surface area (Å²) in [6, 6.07) is 5.25. The number of nitrogens with zero attached hydrogens (tertiary/aromatic N) is 3. The Morgan fingerprint density at radius 2 is 1.09 bits per heavy atom. The summed E-state index contributed by atoms with van der Waals surface area (Å²) in [5.41, 5.74) is 0.357. The van der Waals surface area contributed by atoms with Crippen LogP contribution in [0.2, 0.25) is 0 Å². The zero-order chi connectivity index (χ0) is 40.6. The van der Waals surface area contributed by atoms with Crippen molar-refractivity contribution in [3.8, 4) is 5.75 Å². The van der Waals surface area contributed by atoms with Crippen molar-refractivity contribution in [2.45, 2.75) is 168 Å². The van der Waals surface area contributed by atoms with Crippen molar-refractivity contribution in [3.05, 3.63) is 29.8 Å². The first-order chi connectivity index (χ1) is 27.2. The van der Waals surface area contributed by atoms with Crippen LogP contribution in [0.4, 0.5) is 0 Å². The van der Waals surface area contributed by atoms with E-state index in [0.29, 0.717) is 41.2 Å². The number of imide groups is 2. The van der Waals surface area contributed by atoms with Gasteiger partial charge in [-0.2, -0.15) is 0 Å². The highest BCUT2D eigenvalue weighted by Crippen LogP contribution is 2.27. The van der Waals surface area contributed by atoms with Gasteiger partial charge in [0.25, 0.3) is 5.91 Å². The first-order valence-electron chi connectivity index (χ1n) is 20.6. The van der Waals surface area contributed by atoms with Gasteiger partial charge < -0.3 is 15.2 Å². The normalized spacial score (nSPS) is 11.9. The van der Waals surface area contributed by atoms with E-state index in [9.17, 15) is 28.8 Å². The van der Waals surface area contributed by atoms with Crippen LogP contribution in [0.5, 0.6) is 5.75 Å². The Kier molecular flexibility index (Phi) is 27.5. The maximum Gasteiger partial charge on any atom is 0.414 e. The largest absolute Gasteiger partial charge is 0.414 e. The summed E-state index contributed by atoms with van der Waals surface area (Å²) in [4.78, 5) is 76.4. The van der Waals surface area contributed by atoms with Crippen LogP contribution in [0, 0.1) is 0 Å². The fourth-order valence-corrected chi connectivity index (χ4v) is 8.59. The Balaban J connectivity index is 1.81. The van der Waals surface area contributed by atoms with E-state index in [1.54, 1.807) is 24.3 Å². The van der Waals surface area contributed by atoms with E-state index >= 15 is 0 Å². The van der Waals surface area contributed by atoms with Crippen molar-refractivity contribution in [2.24, 2.45) is 0 Å². The zero-order valence-electron chi connectivity index (χ0n) is 33.4. The maximum absolute atomic E-state index is 13.2. The Morgan fingerprint density at radius 1 is 0.607 bits per heavy atom. The molecule has 0 fully saturated rings. The fourth-order valence-electron chi connectivity index (χ4n) is 5.90. The average Bonchev–Trinajstić information content (AvgIpc) is 3.18. The summed E-state index contributed by atoms with van der Waals surface area (Å²) >= 11 is 0. The minimum absolute atomic E-state index is 0.0205. The van der Waals surface area contributed by atoms with Crippen LogP contribution in [-0.4, -0.2) is 61.6 Å². The number of amides is 6. The van der Waals surface area contributed by atoms with Gasteiger partial charge in [0, 0.05) is 46.8 Å². The van der Waals surface area contributed by atoms with E-state index in [1.165, 1.54) is 64.2 Å². The van der Waals surface area contributed by atoms with Crippen LogP contribution in [-0.2, 0) is 24.0 Å². The summed E-state index contributed by atoms with van der Waals surface area (Å²) in [5, 5.41) is 10.0. The molecule has 310 valence electrons. The minimum atomic E-state index is -1.33. The van der Waals surface area contributed by atoms with E-state index in [4.69, 9.17) is 4.52 Å². The van der Waals surface area contributed by atoms with Gasteiger partial charge in [-0.05, 0) is 48.0 Å². The lowest BCUT2D eigenvalue weighted by molar-refractivity contribution is -0.134. The molecule has 1 atom stereocenters. The molecule has 0 spiro atoms. The molecule has 1 aromatic heterocycles. The summed E-state index contributed by atoms with van der Waals surface area (Å²) in [5.74, 6) is -2.53. The summed E-state index contributed by atoms with van der Waals surface area (Å²) in [6.45, 7) is 4.37. The second-order valence-electron chi connectivity index (χ2n) is 14.0. The number of hydrogen-bond acceptors (Lipinski definition) is 10. The number of hydrogen-bond donors (Lipinski definition) is 4. The van der Waals surface area contributed by atoms with Crippen LogP contribution in [0.25, 0.3) is 0 Å². The molecule has 56 heavy (non-hydrogen) atoms. The van der Waals surface area contributed by atoms with Gasteiger partial charge >= 0.3 is 25.1 Å². The summed E-state index contributed by atoms with van der Waals surface area (Å²) in [7, 11) is -0.180. The monoisotopic (exact) mass is 834 g/mol. The minimum Gasteiger partial charge on any atom is -0.358 e. The topological polar surface area (TPSA) is 198 Å². The Hall–Kier alpha value is -3.46. The standard InChI is InChI=1S/C39H62N7O7P3/c1-3-5-7-9-11-13-15-17-19-21-34(47)42-36(49)28-27-33(39(52)43-35(48)22-20-18-16-14-12-10-8-6-4-2)41-37(50)29-30-40-38(51)31-23-25-32(26-24-31)53-56-45-54-44-55-46-56/h23-26,33H,3-22,27-30H2,1-2H3,(H3-,40,41,42,43,47,48,49,50,51,52)/p+1. The second kappa shape index (κ2) is 31.6. The van der Waals surface area contributed by atoms with Crippen LogP contribution in [0.1, 0.15) is 172 Å². The number of benzene rings is 1. The summed E-state index contributed by atoms with van der Waals surface area (Å²) in [6.07, 6.45) is 19.8. The van der Waals surface area contributed by atoms with Gasteiger partial charge in [-0.1, -0.05) is 117 Å². The van der Waals surface area contributed by atoms with Crippen molar-refractivity contribution < 1.29 is 33.3 Å². The van der Waals surface area contributed by atoms with Crippen LogP contribution in [0.3, 0.4) is 0 Å². The Labute approximate surface area is 337 Å². The lowest BCUT2D eigenvalue weighted by Gasteiger charge is -2.18. The molecule has 1 heterocycles. The van der Waals surface area contributed by atoms with Gasteiger partial charge in [0.15, 0.2) is 5.75 Å². The third-order valence-corrected chi connectivity index (χ3v) is 12.0. The van der Waals surface area contributed by atoms with Crippen LogP contribution < -0.4 is 25.8 Å². The number of aromatic nitrogens is 3. The Morgan fingerprint density at radius 3 is 1.62 bits per heavy atom. The molecule has 0 saturated carbocycles. The molecule has 0 aliphatic carbocycles. The summed E-state index contributed by atoms with van der Waals surface area (Å²) < 4.78 is 18.0. The predicted molar refractivity (Wildman–Crippen MR) is 223 cm³/mol. The molecule has 0 bridgehead atoms. The van der Waals surface area contributed by atoms with E-state index < -0.39 is 43.7 Å². The van der Waals surface area contributed by atoms with Gasteiger partial charge in [0.05, 0.1) is 0 Å². The third kappa shape index (κ3) is 24.2. The first-order valence-corrected chi connectivity index (χ1v) is 23.3. The molecule has 17 heteroatoms. The van der Waals surface area contributed by atoms with Gasteiger partial charge in [0.1, 0.15) is 6.04 Å². The maximum atomic E-state index is 13.2. The molecular formula is C39H63N7O7P3+. The molecule has 1 aromatic carbocycles. The number of nitrogens with one attached hydrogen (secondary N) is 4. The van der Waals surface area contributed by atoms with E-state index in [1.807, 2.05) is 0 Å². The van der Waals surface area contributed by atoms with Gasteiger partial charge in [-0.15, -0.1) is 0 Å². The lowest BCUT2D eigenvalue weighted by Crippen LogP contribution is -2.49. The molecule has 0 saturated heterocycles. The van der Waals surface area contributed by atoms with Crippen molar-refractivity contribution in [3.63, 3.8) is 0 Å². The van der Waals surface area contributed by atoms with Crippen molar-refractivity contribution >= 4 is 60.5 Å². The molecule has 0 aliphatic rings. The third-order valence-electron chi connectivity index (χ3n) is 9.12. The molecule has 0 radical (unpaired) electrons. The first kappa shape index (κ1) is 48.7. The van der Waals surface area contributed by atoms with Crippen LogP contribution >= 0.6 is 25.1 Å². The van der Waals surface area contributed by atoms with E-state index in [-0.39, 0.29) is 44.6 Å².